The van der Waals surface area contributed by atoms with Crippen molar-refractivity contribution < 1.29 is 18.9 Å². The van der Waals surface area contributed by atoms with Crippen LogP contribution in [0.4, 0.5) is 0 Å². The van der Waals surface area contributed by atoms with Gasteiger partial charge < -0.3 is 9.36 Å². The van der Waals surface area contributed by atoms with E-state index in [0.717, 1.165) is 11.1 Å². The second kappa shape index (κ2) is 7.74. The van der Waals surface area contributed by atoms with Gasteiger partial charge in [-0.1, -0.05) is 35.4 Å². The molecule has 2 rings (SSSR count). The first kappa shape index (κ1) is 21.0. The van der Waals surface area contributed by atoms with Gasteiger partial charge in [0.25, 0.3) is 0 Å². The van der Waals surface area contributed by atoms with E-state index in [4.69, 9.17) is 0 Å². The predicted molar refractivity (Wildman–Crippen MR) is 109 cm³/mol. The first-order chi connectivity index (χ1) is 12.5. The molecule has 2 aromatic carbocycles. The molecule has 0 spiro atoms. The van der Waals surface area contributed by atoms with Crippen LogP contribution in [0.1, 0.15) is 54.1 Å². The van der Waals surface area contributed by atoms with Crippen LogP contribution in [0.2, 0.25) is 0 Å². The lowest BCUT2D eigenvalue weighted by atomic mass is 10.0. The lowest BCUT2D eigenvalue weighted by Gasteiger charge is -2.19. The van der Waals surface area contributed by atoms with E-state index in [0.29, 0.717) is 28.5 Å². The first-order valence-corrected chi connectivity index (χ1v) is 10.7. The van der Waals surface area contributed by atoms with Crippen LogP contribution >= 0.6 is 7.14 Å². The standard InChI is InChI=1S/C22H25O4P/c1-13-9-15(3)19(16(4)10-13)21(24)27(26,8-7-23)22(25)20-17(5)11-14(2)12-18(20)6/h7,9-12H,8H2,1-6H3. The van der Waals surface area contributed by atoms with Crippen molar-refractivity contribution in [3.8, 4) is 0 Å². The molecular formula is C22H25O4P. The number of aldehydes is 1. The SMILES string of the molecule is Cc1cc(C)c(C(=O)P(=O)(CC=O)C(=O)c2c(C)cc(C)cc2C)c(C)c1. The molecule has 0 radical (unpaired) electrons. The first-order valence-electron chi connectivity index (χ1n) is 8.81. The zero-order valence-electron chi connectivity index (χ0n) is 16.7. The monoisotopic (exact) mass is 384 g/mol. The van der Waals surface area contributed by atoms with Crippen molar-refractivity contribution in [2.24, 2.45) is 0 Å². The molecule has 0 saturated heterocycles. The van der Waals surface area contributed by atoms with E-state index in [9.17, 15) is 18.9 Å². The predicted octanol–water partition coefficient (Wildman–Crippen LogP) is 5.08. The molecule has 0 heterocycles. The maximum absolute atomic E-state index is 13.7. The molecule has 27 heavy (non-hydrogen) atoms. The molecule has 0 aromatic heterocycles. The highest BCUT2D eigenvalue weighted by molar-refractivity contribution is 7.95. The average molecular weight is 384 g/mol. The third kappa shape index (κ3) is 3.86. The zero-order valence-corrected chi connectivity index (χ0v) is 17.6. The minimum absolute atomic E-state index is 0.279. The Labute approximate surface area is 160 Å². The van der Waals surface area contributed by atoms with Gasteiger partial charge >= 0.3 is 0 Å². The molecule has 0 aliphatic carbocycles. The van der Waals surface area contributed by atoms with Gasteiger partial charge in [-0.25, -0.2) is 0 Å². The molecule has 4 nitrogen and oxygen atoms in total. The maximum Gasteiger partial charge on any atom is 0.229 e. The molecule has 2 aromatic rings. The van der Waals surface area contributed by atoms with E-state index in [-0.39, 0.29) is 11.1 Å². The van der Waals surface area contributed by atoms with Crippen molar-refractivity contribution >= 4 is 24.5 Å². The number of hydrogen-bond acceptors (Lipinski definition) is 4. The topological polar surface area (TPSA) is 68.3 Å². The lowest BCUT2D eigenvalue weighted by Crippen LogP contribution is -2.18. The molecule has 0 fully saturated rings. The van der Waals surface area contributed by atoms with Gasteiger partial charge in [-0.15, -0.1) is 0 Å². The van der Waals surface area contributed by atoms with E-state index in [1.807, 2.05) is 38.1 Å². The number of rotatable bonds is 6. The van der Waals surface area contributed by atoms with Crippen LogP contribution < -0.4 is 0 Å². The molecule has 0 bridgehead atoms. The number of benzene rings is 2. The van der Waals surface area contributed by atoms with Gasteiger partial charge in [0.05, 0.1) is 6.16 Å². The van der Waals surface area contributed by atoms with E-state index >= 15 is 0 Å². The molecular weight excluding hydrogens is 359 g/mol. The van der Waals surface area contributed by atoms with Gasteiger partial charge in [0.2, 0.25) is 18.2 Å². The minimum Gasteiger partial charge on any atom is -0.306 e. The van der Waals surface area contributed by atoms with Gasteiger partial charge in [-0.2, -0.15) is 0 Å². The Balaban J connectivity index is 2.69. The van der Waals surface area contributed by atoms with Crippen molar-refractivity contribution in [2.75, 3.05) is 6.16 Å². The Morgan fingerprint density at radius 2 is 1.04 bits per heavy atom. The summed E-state index contributed by atoms with van der Waals surface area (Å²) in [7, 11) is -4.13. The van der Waals surface area contributed by atoms with Crippen molar-refractivity contribution in [3.63, 3.8) is 0 Å². The Bertz CT molecular complexity index is 882. The highest BCUT2D eigenvalue weighted by atomic mass is 31.2. The van der Waals surface area contributed by atoms with Crippen LogP contribution in [0.15, 0.2) is 24.3 Å². The number of carbonyl (C=O) groups is 3. The third-order valence-corrected chi connectivity index (χ3v) is 7.19. The molecule has 0 amide bonds. The van der Waals surface area contributed by atoms with E-state index in [2.05, 4.69) is 0 Å². The Hall–Kier alpha value is -2.32. The molecule has 0 atom stereocenters. The van der Waals surface area contributed by atoms with Crippen LogP contribution in [-0.2, 0) is 9.36 Å². The third-order valence-electron chi connectivity index (χ3n) is 4.77. The van der Waals surface area contributed by atoms with E-state index in [1.54, 1.807) is 27.7 Å². The summed E-state index contributed by atoms with van der Waals surface area (Å²) in [5.74, 6) is 0. The normalized spacial score (nSPS) is 11.3. The molecule has 142 valence electrons. The van der Waals surface area contributed by atoms with Crippen molar-refractivity contribution in [3.05, 3.63) is 68.8 Å². The summed E-state index contributed by atoms with van der Waals surface area (Å²) in [6.45, 7) is 10.8. The second-order valence-electron chi connectivity index (χ2n) is 7.25. The molecule has 0 saturated carbocycles. The van der Waals surface area contributed by atoms with E-state index in [1.165, 1.54) is 0 Å². The summed E-state index contributed by atoms with van der Waals surface area (Å²) < 4.78 is 13.7. The average Bonchev–Trinajstić information content (AvgIpc) is 2.52. The Morgan fingerprint density at radius 1 is 0.741 bits per heavy atom. The van der Waals surface area contributed by atoms with Gasteiger partial charge in [0.15, 0.2) is 0 Å². The highest BCUT2D eigenvalue weighted by Crippen LogP contribution is 2.52. The van der Waals surface area contributed by atoms with Crippen LogP contribution in [0.3, 0.4) is 0 Å². The van der Waals surface area contributed by atoms with Gasteiger partial charge in [-0.3, -0.25) is 9.59 Å². The minimum atomic E-state index is -4.13. The van der Waals surface area contributed by atoms with Crippen LogP contribution in [0.25, 0.3) is 0 Å². The second-order valence-corrected chi connectivity index (χ2v) is 9.90. The van der Waals surface area contributed by atoms with E-state index < -0.39 is 24.4 Å². The molecule has 0 unspecified atom stereocenters. The summed E-state index contributed by atoms with van der Waals surface area (Å²) >= 11 is 0. The number of hydrogen-bond donors (Lipinski definition) is 0. The lowest BCUT2D eigenvalue weighted by molar-refractivity contribution is -0.105. The van der Waals surface area contributed by atoms with Crippen LogP contribution in [-0.4, -0.2) is 23.5 Å². The summed E-state index contributed by atoms with van der Waals surface area (Å²) in [6.07, 6.45) is -0.168. The smallest absolute Gasteiger partial charge is 0.229 e. The number of aryl methyl sites for hydroxylation is 6. The van der Waals surface area contributed by atoms with Crippen LogP contribution in [0.5, 0.6) is 0 Å². The van der Waals surface area contributed by atoms with Crippen molar-refractivity contribution in [2.45, 2.75) is 41.5 Å². The van der Waals surface area contributed by atoms with Crippen molar-refractivity contribution in [1.29, 1.82) is 0 Å². The molecule has 5 heteroatoms. The molecule has 0 aliphatic heterocycles. The fourth-order valence-corrected chi connectivity index (χ4v) is 5.91. The zero-order chi connectivity index (χ0) is 20.5. The summed E-state index contributed by atoms with van der Waals surface area (Å²) in [4.78, 5) is 37.8. The molecule has 0 N–H and O–H groups in total. The number of carbonyl (C=O) groups excluding carboxylic acids is 3. The quantitative estimate of drug-likeness (QED) is 0.514. The highest BCUT2D eigenvalue weighted by Gasteiger charge is 2.42. The van der Waals surface area contributed by atoms with Gasteiger partial charge in [0, 0.05) is 11.1 Å². The molecule has 0 aliphatic rings. The largest absolute Gasteiger partial charge is 0.306 e. The fraction of sp³-hybridized carbons (Fsp3) is 0.318. The van der Waals surface area contributed by atoms with Crippen molar-refractivity contribution in [1.82, 2.24) is 0 Å². The Kier molecular flexibility index (Phi) is 6.01. The van der Waals surface area contributed by atoms with Crippen LogP contribution in [0, 0.1) is 41.5 Å². The Morgan fingerprint density at radius 3 is 1.30 bits per heavy atom. The summed E-state index contributed by atoms with van der Waals surface area (Å²) in [6, 6.07) is 7.27. The van der Waals surface area contributed by atoms with Gasteiger partial charge in [-0.05, 0) is 63.8 Å². The van der Waals surface area contributed by atoms with Gasteiger partial charge in [0.1, 0.15) is 6.29 Å². The fourth-order valence-electron chi connectivity index (χ4n) is 3.76. The summed E-state index contributed by atoms with van der Waals surface area (Å²) in [5.41, 5.74) is 3.70. The summed E-state index contributed by atoms with van der Waals surface area (Å²) in [5, 5.41) is 0. The maximum atomic E-state index is 13.7.